The number of nitrogens with zero attached hydrogens (tertiary/aromatic N) is 2. The van der Waals surface area contributed by atoms with E-state index in [9.17, 15) is 19.6 Å². The van der Waals surface area contributed by atoms with Gasteiger partial charge in [-0.15, -0.1) is 0 Å². The first kappa shape index (κ1) is 39.3. The molecule has 0 heterocycles. The summed E-state index contributed by atoms with van der Waals surface area (Å²) in [6, 6.07) is 2.49. The Bertz CT molecular complexity index is 785. The van der Waals surface area contributed by atoms with Crippen LogP contribution in [-0.2, 0) is 22.9 Å². The first-order chi connectivity index (χ1) is 19.5. The molecule has 0 aliphatic rings. The molecule has 0 aliphatic carbocycles. The SMILES string of the molecule is CCCCCCCCCCCCCC[C@@H](O)[C@@H](O)[C@H](COP(=O)(OCCC#N)OCCC#N)NC(=O)OC(C)(C)C. The van der Waals surface area contributed by atoms with E-state index < -0.39 is 44.4 Å². The maximum atomic E-state index is 13.0. The molecule has 0 aromatic carbocycles. The Morgan fingerprint density at radius 1 is 0.829 bits per heavy atom. The lowest BCUT2D eigenvalue weighted by atomic mass is 9.99. The second-order valence-electron chi connectivity index (χ2n) is 11.2. The van der Waals surface area contributed by atoms with Gasteiger partial charge in [0.15, 0.2) is 0 Å². The minimum absolute atomic E-state index is 0.0745. The van der Waals surface area contributed by atoms with Crippen LogP contribution in [-0.4, -0.2) is 60.0 Å². The minimum atomic E-state index is -4.22. The first-order valence-electron chi connectivity index (χ1n) is 15.1. The number of unbranched alkanes of at least 4 members (excludes halogenated alkanes) is 11. The molecule has 0 rings (SSSR count). The van der Waals surface area contributed by atoms with Gasteiger partial charge in [0.25, 0.3) is 0 Å². The van der Waals surface area contributed by atoms with Crippen molar-refractivity contribution >= 4 is 13.9 Å². The highest BCUT2D eigenvalue weighted by molar-refractivity contribution is 7.48. The highest BCUT2D eigenvalue weighted by atomic mass is 31.2. The molecule has 238 valence electrons. The average Bonchev–Trinajstić information content (AvgIpc) is 2.90. The number of carbonyl (C=O) groups excluding carboxylic acids is 1. The molecule has 0 saturated heterocycles. The number of alkyl carbamates (subject to hydrolysis) is 1. The summed E-state index contributed by atoms with van der Waals surface area (Å²) in [5.41, 5.74) is -0.815. The molecule has 0 bridgehead atoms. The third kappa shape index (κ3) is 22.5. The molecule has 41 heavy (non-hydrogen) atoms. The summed E-state index contributed by atoms with van der Waals surface area (Å²) in [7, 11) is -4.22. The summed E-state index contributed by atoms with van der Waals surface area (Å²) in [5.74, 6) is 0. The van der Waals surface area contributed by atoms with Crippen molar-refractivity contribution in [3.63, 3.8) is 0 Å². The molecule has 0 fully saturated rings. The molecule has 3 N–H and O–H groups in total. The maximum Gasteiger partial charge on any atom is 0.474 e. The molecule has 0 saturated carbocycles. The van der Waals surface area contributed by atoms with Crippen LogP contribution in [0.4, 0.5) is 4.79 Å². The van der Waals surface area contributed by atoms with E-state index in [1.54, 1.807) is 20.8 Å². The van der Waals surface area contributed by atoms with E-state index >= 15 is 0 Å². The number of nitriles is 2. The number of rotatable bonds is 25. The van der Waals surface area contributed by atoms with Crippen LogP contribution in [0.2, 0.25) is 0 Å². The quantitative estimate of drug-likeness (QED) is 0.0755. The van der Waals surface area contributed by atoms with Gasteiger partial charge in [-0.1, -0.05) is 84.0 Å². The van der Waals surface area contributed by atoms with E-state index in [-0.39, 0.29) is 26.1 Å². The van der Waals surface area contributed by atoms with Crippen LogP contribution in [0.5, 0.6) is 0 Å². The van der Waals surface area contributed by atoms with Crippen LogP contribution in [0.15, 0.2) is 0 Å². The highest BCUT2D eigenvalue weighted by Crippen LogP contribution is 2.49. The van der Waals surface area contributed by atoms with Gasteiger partial charge >= 0.3 is 13.9 Å². The predicted molar refractivity (Wildman–Crippen MR) is 157 cm³/mol. The van der Waals surface area contributed by atoms with Gasteiger partial charge in [-0.05, 0) is 27.2 Å². The Balaban J connectivity index is 4.87. The molecule has 0 aromatic rings. The Morgan fingerprint density at radius 2 is 1.29 bits per heavy atom. The summed E-state index contributed by atoms with van der Waals surface area (Å²) >= 11 is 0. The molecule has 0 spiro atoms. The summed E-state index contributed by atoms with van der Waals surface area (Å²) in [4.78, 5) is 12.4. The molecular weight excluding hydrogens is 549 g/mol. The largest absolute Gasteiger partial charge is 0.474 e. The summed E-state index contributed by atoms with van der Waals surface area (Å²) < 4.78 is 33.9. The van der Waals surface area contributed by atoms with Gasteiger partial charge in [-0.2, -0.15) is 10.5 Å². The Kier molecular flexibility index (Phi) is 22.8. The normalized spacial score (nSPS) is 14.0. The third-order valence-corrected chi connectivity index (χ3v) is 7.66. The van der Waals surface area contributed by atoms with Crippen molar-refractivity contribution in [2.75, 3.05) is 19.8 Å². The lowest BCUT2D eigenvalue weighted by Crippen LogP contribution is -2.52. The van der Waals surface area contributed by atoms with Crippen molar-refractivity contribution in [2.24, 2.45) is 0 Å². The molecule has 11 nitrogen and oxygen atoms in total. The van der Waals surface area contributed by atoms with Gasteiger partial charge in [-0.25, -0.2) is 9.36 Å². The van der Waals surface area contributed by atoms with Crippen LogP contribution in [0.3, 0.4) is 0 Å². The number of amides is 1. The molecule has 0 unspecified atom stereocenters. The van der Waals surface area contributed by atoms with Gasteiger partial charge in [0.1, 0.15) is 11.7 Å². The highest BCUT2D eigenvalue weighted by Gasteiger charge is 2.34. The van der Waals surface area contributed by atoms with Crippen molar-refractivity contribution in [1.29, 1.82) is 10.5 Å². The van der Waals surface area contributed by atoms with Gasteiger partial charge in [0.05, 0.1) is 56.9 Å². The van der Waals surface area contributed by atoms with Crippen LogP contribution in [0.25, 0.3) is 0 Å². The smallest absolute Gasteiger partial charge is 0.444 e. The second-order valence-corrected chi connectivity index (χ2v) is 12.9. The minimum Gasteiger partial charge on any atom is -0.444 e. The summed E-state index contributed by atoms with van der Waals surface area (Å²) in [6.45, 7) is 6.24. The summed E-state index contributed by atoms with van der Waals surface area (Å²) in [5, 5.41) is 41.5. The fourth-order valence-corrected chi connectivity index (χ4v) is 5.20. The van der Waals surface area contributed by atoms with Crippen LogP contribution in [0.1, 0.15) is 124 Å². The van der Waals surface area contributed by atoms with E-state index in [2.05, 4.69) is 12.2 Å². The number of ether oxygens (including phenoxy) is 1. The number of aliphatic hydroxyl groups excluding tert-OH is 2. The molecular formula is C29H54N3O8P. The Hall–Kier alpha value is -1.72. The first-order valence-corrected chi connectivity index (χ1v) is 16.6. The second kappa shape index (κ2) is 23.8. The maximum absolute atomic E-state index is 13.0. The van der Waals surface area contributed by atoms with Crippen molar-refractivity contribution in [2.45, 2.75) is 148 Å². The zero-order valence-electron chi connectivity index (χ0n) is 25.6. The standard InChI is InChI=1S/C29H54N3O8P/c1-5-6-7-8-9-10-11-12-13-14-15-16-19-26(33)27(34)25(32-28(35)40-29(2,3)4)24-39-41(36,37-22-17-20-30)38-23-18-21-31/h25-27,33-34H,5-19,22-24H2,1-4H3,(H,32,35)/t25-,26+,27-/m0/s1. The molecule has 0 aliphatic heterocycles. The topological polar surface area (TPSA) is 171 Å². The van der Waals surface area contributed by atoms with Crippen LogP contribution < -0.4 is 5.32 Å². The zero-order valence-corrected chi connectivity index (χ0v) is 26.5. The number of aliphatic hydroxyl groups is 2. The van der Waals surface area contributed by atoms with Crippen molar-refractivity contribution in [3.05, 3.63) is 0 Å². The lowest BCUT2D eigenvalue weighted by Gasteiger charge is -2.30. The van der Waals surface area contributed by atoms with E-state index in [1.165, 1.54) is 51.4 Å². The number of phosphoric acid groups is 1. The van der Waals surface area contributed by atoms with E-state index in [0.29, 0.717) is 12.8 Å². The third-order valence-electron chi connectivity index (χ3n) is 6.20. The summed E-state index contributed by atoms with van der Waals surface area (Å²) in [6.07, 6.45) is 10.7. The monoisotopic (exact) mass is 603 g/mol. The van der Waals surface area contributed by atoms with Crippen LogP contribution in [0, 0.1) is 22.7 Å². The van der Waals surface area contributed by atoms with Crippen molar-refractivity contribution < 1.29 is 37.9 Å². The van der Waals surface area contributed by atoms with Gasteiger partial charge in [0, 0.05) is 0 Å². The molecule has 1 amide bonds. The van der Waals surface area contributed by atoms with Gasteiger partial charge < -0.3 is 20.3 Å². The molecule has 12 heteroatoms. The number of carbonyl (C=O) groups is 1. The Labute approximate surface area is 247 Å². The van der Waals surface area contributed by atoms with Crippen LogP contribution >= 0.6 is 7.82 Å². The Morgan fingerprint density at radius 3 is 1.73 bits per heavy atom. The number of hydrogen-bond acceptors (Lipinski definition) is 10. The lowest BCUT2D eigenvalue weighted by molar-refractivity contribution is -0.0264. The fourth-order valence-electron chi connectivity index (χ4n) is 4.01. The van der Waals surface area contributed by atoms with E-state index in [0.717, 1.165) is 19.3 Å². The van der Waals surface area contributed by atoms with E-state index in [4.69, 9.17) is 28.8 Å². The fraction of sp³-hybridized carbons (Fsp3) is 0.897. The number of phosphoric ester groups is 1. The molecule has 0 radical (unpaired) electrons. The number of hydrogen-bond donors (Lipinski definition) is 3. The van der Waals surface area contributed by atoms with Gasteiger partial charge in [0.2, 0.25) is 0 Å². The average molecular weight is 604 g/mol. The molecule has 0 aromatic heterocycles. The predicted octanol–water partition coefficient (Wildman–Crippen LogP) is 6.68. The van der Waals surface area contributed by atoms with Crippen molar-refractivity contribution in [3.8, 4) is 12.1 Å². The van der Waals surface area contributed by atoms with Gasteiger partial charge in [-0.3, -0.25) is 13.6 Å². The molecule has 3 atom stereocenters. The zero-order chi connectivity index (χ0) is 31.0. The number of nitrogens with one attached hydrogen (secondary N) is 1. The van der Waals surface area contributed by atoms with Crippen molar-refractivity contribution in [1.82, 2.24) is 5.32 Å². The van der Waals surface area contributed by atoms with E-state index in [1.807, 2.05) is 12.1 Å².